The third-order valence-corrected chi connectivity index (χ3v) is 5.53. The number of alkyl halides is 2. The van der Waals surface area contributed by atoms with Crippen molar-refractivity contribution in [2.24, 2.45) is 5.92 Å². The van der Waals surface area contributed by atoms with E-state index in [2.05, 4.69) is 10.1 Å². The number of rotatable bonds is 7. The van der Waals surface area contributed by atoms with Crippen molar-refractivity contribution in [1.29, 1.82) is 0 Å². The number of para-hydroxylation sites is 1. The van der Waals surface area contributed by atoms with Gasteiger partial charge in [-0.05, 0) is 63.1 Å². The molecule has 188 valence electrons. The maximum Gasteiger partial charge on any atom is 0.387 e. The predicted molar refractivity (Wildman–Crippen MR) is 126 cm³/mol. The molecular formula is C25H29F2N3O5. The van der Waals surface area contributed by atoms with Crippen LogP contribution in [0.2, 0.25) is 0 Å². The molecule has 0 saturated carbocycles. The summed E-state index contributed by atoms with van der Waals surface area (Å²) in [7, 11) is 1.64. The average molecular weight is 490 g/mol. The average Bonchev–Trinajstić information content (AvgIpc) is 2.83. The lowest BCUT2D eigenvalue weighted by atomic mass is 9.97. The van der Waals surface area contributed by atoms with Crippen LogP contribution < -0.4 is 19.7 Å². The van der Waals surface area contributed by atoms with Crippen molar-refractivity contribution >= 4 is 23.6 Å². The minimum atomic E-state index is -3.05. The number of carbonyl (C=O) groups excluding carboxylic acids is 3. The van der Waals surface area contributed by atoms with Crippen LogP contribution in [-0.4, -0.2) is 55.6 Å². The molecule has 8 nitrogen and oxygen atoms in total. The second-order valence-electron chi connectivity index (χ2n) is 8.54. The highest BCUT2D eigenvalue weighted by Gasteiger charge is 2.31. The first-order valence-corrected chi connectivity index (χ1v) is 11.3. The summed E-state index contributed by atoms with van der Waals surface area (Å²) >= 11 is 0. The fraction of sp³-hybridized carbons (Fsp3) is 0.400. The highest BCUT2D eigenvalue weighted by Crippen LogP contribution is 2.26. The molecule has 0 aromatic heterocycles. The molecule has 2 aromatic carbocycles. The number of hydrogen-bond acceptors (Lipinski definition) is 5. The normalized spacial score (nSPS) is 15.6. The quantitative estimate of drug-likeness (QED) is 0.463. The van der Waals surface area contributed by atoms with Gasteiger partial charge in [0.15, 0.2) is 0 Å². The number of benzene rings is 2. The largest absolute Gasteiger partial charge is 0.434 e. The number of urea groups is 1. The number of ether oxygens (including phenoxy) is 2. The molecule has 1 aliphatic heterocycles. The molecule has 35 heavy (non-hydrogen) atoms. The van der Waals surface area contributed by atoms with Gasteiger partial charge in [-0.25, -0.2) is 4.79 Å². The third kappa shape index (κ3) is 6.91. The maximum absolute atomic E-state index is 13.0. The smallest absolute Gasteiger partial charge is 0.387 e. The van der Waals surface area contributed by atoms with E-state index in [1.807, 2.05) is 13.8 Å². The summed E-state index contributed by atoms with van der Waals surface area (Å²) in [5.74, 6) is -1.42. The summed E-state index contributed by atoms with van der Waals surface area (Å²) in [5, 5.41) is 2.79. The van der Waals surface area contributed by atoms with Gasteiger partial charge < -0.3 is 19.7 Å². The molecule has 1 fully saturated rings. The topological polar surface area (TPSA) is 88.2 Å². The van der Waals surface area contributed by atoms with Gasteiger partial charge >= 0.3 is 18.6 Å². The molecular weight excluding hydrogens is 460 g/mol. The number of likely N-dealkylation sites (tertiary alicyclic amines) is 1. The second-order valence-corrected chi connectivity index (χ2v) is 8.54. The van der Waals surface area contributed by atoms with Crippen molar-refractivity contribution in [3.63, 3.8) is 0 Å². The number of anilines is 1. The molecule has 0 radical (unpaired) electrons. The zero-order chi connectivity index (χ0) is 25.5. The van der Waals surface area contributed by atoms with Crippen LogP contribution in [0.1, 0.15) is 37.0 Å². The molecule has 1 heterocycles. The van der Waals surface area contributed by atoms with Crippen molar-refractivity contribution in [3.8, 4) is 11.5 Å². The molecule has 1 aliphatic rings. The standard InChI is InChI=1S/C25H29F2N3O5/c1-16(2)28-25(33)29(3)18-10-12-19(13-11-18)34-23(32)17-7-6-14-30(15-17)22(31)20-8-4-5-9-21(20)35-24(26)27/h4-5,8-13,16-17,24H,6-7,14-15H2,1-3H3,(H,28,33). The van der Waals surface area contributed by atoms with Gasteiger partial charge in [0, 0.05) is 31.9 Å². The highest BCUT2D eigenvalue weighted by atomic mass is 19.3. The lowest BCUT2D eigenvalue weighted by molar-refractivity contribution is -0.140. The van der Waals surface area contributed by atoms with E-state index in [1.165, 1.54) is 28.0 Å². The van der Waals surface area contributed by atoms with Gasteiger partial charge in [0.05, 0.1) is 11.5 Å². The predicted octanol–water partition coefficient (Wildman–Crippen LogP) is 4.30. The molecule has 0 aliphatic carbocycles. The Bertz CT molecular complexity index is 1050. The lowest BCUT2D eigenvalue weighted by Gasteiger charge is -2.32. The van der Waals surface area contributed by atoms with Gasteiger partial charge in [0.25, 0.3) is 5.91 Å². The number of piperidine rings is 1. The first-order chi connectivity index (χ1) is 16.7. The first kappa shape index (κ1) is 25.9. The summed E-state index contributed by atoms with van der Waals surface area (Å²) in [5.41, 5.74) is 0.644. The van der Waals surface area contributed by atoms with Crippen LogP contribution in [0.4, 0.5) is 19.3 Å². The molecule has 0 bridgehead atoms. The lowest BCUT2D eigenvalue weighted by Crippen LogP contribution is -2.43. The van der Waals surface area contributed by atoms with Crippen LogP contribution in [0.15, 0.2) is 48.5 Å². The minimum Gasteiger partial charge on any atom is -0.434 e. The summed E-state index contributed by atoms with van der Waals surface area (Å²) in [6.45, 7) is 1.18. The number of carbonyl (C=O) groups is 3. The van der Waals surface area contributed by atoms with Gasteiger partial charge in [0.2, 0.25) is 0 Å². The fourth-order valence-corrected chi connectivity index (χ4v) is 3.76. The highest BCUT2D eigenvalue weighted by molar-refractivity contribution is 5.97. The number of nitrogens with one attached hydrogen (secondary N) is 1. The molecule has 2 aromatic rings. The summed E-state index contributed by atoms with van der Waals surface area (Å²) in [4.78, 5) is 40.8. The van der Waals surface area contributed by atoms with Crippen molar-refractivity contribution in [1.82, 2.24) is 10.2 Å². The summed E-state index contributed by atoms with van der Waals surface area (Å²) < 4.78 is 35.4. The molecule has 1 N–H and O–H groups in total. The van der Waals surface area contributed by atoms with E-state index in [0.717, 1.165) is 0 Å². The van der Waals surface area contributed by atoms with Crippen LogP contribution in [0, 0.1) is 5.92 Å². The van der Waals surface area contributed by atoms with E-state index in [0.29, 0.717) is 30.8 Å². The summed E-state index contributed by atoms with van der Waals surface area (Å²) in [6, 6.07) is 12.1. The van der Waals surface area contributed by atoms with Crippen LogP contribution >= 0.6 is 0 Å². The van der Waals surface area contributed by atoms with Gasteiger partial charge in [-0.1, -0.05) is 12.1 Å². The molecule has 0 spiro atoms. The Morgan fingerprint density at radius 3 is 2.43 bits per heavy atom. The van der Waals surface area contributed by atoms with E-state index in [4.69, 9.17) is 4.74 Å². The van der Waals surface area contributed by atoms with Crippen LogP contribution in [-0.2, 0) is 4.79 Å². The molecule has 1 saturated heterocycles. The van der Waals surface area contributed by atoms with E-state index in [-0.39, 0.29) is 29.9 Å². The second kappa shape index (κ2) is 11.6. The van der Waals surface area contributed by atoms with Gasteiger partial charge in [-0.2, -0.15) is 8.78 Å². The van der Waals surface area contributed by atoms with Crippen molar-refractivity contribution in [3.05, 3.63) is 54.1 Å². The Morgan fingerprint density at radius 1 is 1.09 bits per heavy atom. The summed E-state index contributed by atoms with van der Waals surface area (Å²) in [6.07, 6.45) is 1.10. The minimum absolute atomic E-state index is 0.00238. The van der Waals surface area contributed by atoms with E-state index in [9.17, 15) is 23.2 Å². The number of nitrogens with zero attached hydrogens (tertiary/aromatic N) is 2. The third-order valence-electron chi connectivity index (χ3n) is 5.53. The molecule has 3 rings (SSSR count). The van der Waals surface area contributed by atoms with Crippen molar-refractivity contribution < 1.29 is 32.6 Å². The van der Waals surface area contributed by atoms with Crippen molar-refractivity contribution in [2.45, 2.75) is 39.3 Å². The van der Waals surface area contributed by atoms with Crippen LogP contribution in [0.3, 0.4) is 0 Å². The number of esters is 1. The zero-order valence-electron chi connectivity index (χ0n) is 19.9. The monoisotopic (exact) mass is 489 g/mol. The number of halogens is 2. The van der Waals surface area contributed by atoms with E-state index in [1.54, 1.807) is 37.4 Å². The Morgan fingerprint density at radius 2 is 1.77 bits per heavy atom. The van der Waals surface area contributed by atoms with E-state index >= 15 is 0 Å². The maximum atomic E-state index is 13.0. The number of hydrogen-bond donors (Lipinski definition) is 1. The van der Waals surface area contributed by atoms with Gasteiger partial charge in [-0.15, -0.1) is 0 Å². The van der Waals surface area contributed by atoms with E-state index < -0.39 is 24.4 Å². The fourth-order valence-electron chi connectivity index (χ4n) is 3.76. The zero-order valence-corrected chi connectivity index (χ0v) is 19.9. The SMILES string of the molecule is CC(C)NC(=O)N(C)c1ccc(OC(=O)C2CCCN(C(=O)c3ccccc3OC(F)F)C2)cc1. The van der Waals surface area contributed by atoms with Gasteiger partial charge in [-0.3, -0.25) is 14.5 Å². The number of amides is 3. The van der Waals surface area contributed by atoms with Crippen LogP contribution in [0.5, 0.6) is 11.5 Å². The molecule has 1 atom stereocenters. The van der Waals surface area contributed by atoms with Crippen molar-refractivity contribution in [2.75, 3.05) is 25.0 Å². The molecule has 1 unspecified atom stereocenters. The van der Waals surface area contributed by atoms with Gasteiger partial charge in [0.1, 0.15) is 11.5 Å². The molecule has 3 amide bonds. The Balaban J connectivity index is 1.62. The van der Waals surface area contributed by atoms with Crippen LogP contribution in [0.25, 0.3) is 0 Å². The Kier molecular flexibility index (Phi) is 8.62. The Hall–Kier alpha value is -3.69. The Labute approximate surface area is 202 Å². The first-order valence-electron chi connectivity index (χ1n) is 11.3. The molecule has 10 heteroatoms.